The van der Waals surface area contributed by atoms with Crippen LogP contribution in [0.25, 0.3) is 0 Å². The number of anilines is 1. The van der Waals surface area contributed by atoms with Gasteiger partial charge >= 0.3 is 0 Å². The third-order valence-corrected chi connectivity index (χ3v) is 10.2. The Labute approximate surface area is 248 Å². The topological polar surface area (TPSA) is 88.6 Å². The summed E-state index contributed by atoms with van der Waals surface area (Å²) in [4.78, 5) is 17.6. The van der Waals surface area contributed by atoms with Crippen LogP contribution in [0.2, 0.25) is 0 Å². The van der Waals surface area contributed by atoms with Crippen molar-refractivity contribution in [1.29, 1.82) is 0 Å². The number of piperazine rings is 1. The molecule has 9 nitrogen and oxygen atoms in total. The van der Waals surface area contributed by atoms with Gasteiger partial charge in [0.2, 0.25) is 10.0 Å². The molecule has 1 amide bonds. The van der Waals surface area contributed by atoms with Gasteiger partial charge in [0.05, 0.1) is 31.9 Å². The SMILES string of the molecule is COc1ccc(S(=O)(=O)N2CCC(Cc3ccccc3)CC2)cc1N1CCN(C(=O)c2c(OC)cccc2OC)CC1. The van der Waals surface area contributed by atoms with Gasteiger partial charge in [0.1, 0.15) is 22.8 Å². The second kappa shape index (κ2) is 13.0. The smallest absolute Gasteiger partial charge is 0.261 e. The van der Waals surface area contributed by atoms with E-state index in [0.29, 0.717) is 73.7 Å². The van der Waals surface area contributed by atoms with Crippen molar-refractivity contribution in [3.8, 4) is 17.2 Å². The fourth-order valence-electron chi connectivity index (χ4n) is 5.90. The summed E-state index contributed by atoms with van der Waals surface area (Å²) in [6.45, 7) is 2.97. The first-order chi connectivity index (χ1) is 20.3. The number of sulfonamides is 1. The van der Waals surface area contributed by atoms with Gasteiger partial charge in [0.15, 0.2) is 0 Å². The van der Waals surface area contributed by atoms with E-state index in [-0.39, 0.29) is 10.8 Å². The summed E-state index contributed by atoms with van der Waals surface area (Å²) in [5, 5.41) is 0. The van der Waals surface area contributed by atoms with Gasteiger partial charge in [-0.05, 0) is 61.1 Å². The molecular formula is C32H39N3O6S. The maximum absolute atomic E-state index is 13.7. The Morgan fingerprint density at radius 1 is 0.762 bits per heavy atom. The van der Waals surface area contributed by atoms with Gasteiger partial charge in [0, 0.05) is 39.3 Å². The lowest BCUT2D eigenvalue weighted by molar-refractivity contribution is 0.0739. The van der Waals surface area contributed by atoms with Crippen molar-refractivity contribution in [3.05, 3.63) is 77.9 Å². The van der Waals surface area contributed by atoms with Gasteiger partial charge < -0.3 is 24.0 Å². The molecule has 0 aromatic heterocycles. The molecule has 10 heteroatoms. The highest BCUT2D eigenvalue weighted by Crippen LogP contribution is 2.35. The van der Waals surface area contributed by atoms with E-state index in [4.69, 9.17) is 14.2 Å². The Hall–Kier alpha value is -3.76. The number of benzene rings is 3. The van der Waals surface area contributed by atoms with E-state index in [2.05, 4.69) is 17.0 Å². The zero-order chi connectivity index (χ0) is 29.7. The molecule has 2 aliphatic heterocycles. The molecular weight excluding hydrogens is 554 g/mol. The molecule has 0 unspecified atom stereocenters. The minimum absolute atomic E-state index is 0.164. The fraction of sp³-hybridized carbons (Fsp3) is 0.406. The number of carbonyl (C=O) groups is 1. The van der Waals surface area contributed by atoms with E-state index < -0.39 is 10.0 Å². The molecule has 42 heavy (non-hydrogen) atoms. The van der Waals surface area contributed by atoms with Crippen molar-refractivity contribution in [2.24, 2.45) is 5.92 Å². The summed E-state index contributed by atoms with van der Waals surface area (Å²) in [5.74, 6) is 1.83. The van der Waals surface area contributed by atoms with Crippen LogP contribution in [0.5, 0.6) is 17.2 Å². The normalized spacial score (nSPS) is 16.7. The predicted molar refractivity (Wildman–Crippen MR) is 162 cm³/mol. The molecule has 0 aliphatic carbocycles. The summed E-state index contributed by atoms with van der Waals surface area (Å²) in [6.07, 6.45) is 2.65. The monoisotopic (exact) mass is 593 g/mol. The van der Waals surface area contributed by atoms with E-state index in [0.717, 1.165) is 19.3 Å². The first-order valence-corrected chi connectivity index (χ1v) is 15.8. The second-order valence-corrected chi connectivity index (χ2v) is 12.6. The van der Waals surface area contributed by atoms with Gasteiger partial charge in [-0.15, -0.1) is 0 Å². The Bertz CT molecular complexity index is 1460. The van der Waals surface area contributed by atoms with Crippen LogP contribution < -0.4 is 19.1 Å². The van der Waals surface area contributed by atoms with Crippen LogP contribution in [-0.2, 0) is 16.4 Å². The Balaban J connectivity index is 1.27. The summed E-state index contributed by atoms with van der Waals surface area (Å²) in [7, 11) is 0.983. The van der Waals surface area contributed by atoms with Crippen LogP contribution in [-0.4, -0.2) is 84.1 Å². The van der Waals surface area contributed by atoms with Gasteiger partial charge in [-0.2, -0.15) is 4.31 Å². The number of hydrogen-bond donors (Lipinski definition) is 0. The number of hydrogen-bond acceptors (Lipinski definition) is 7. The van der Waals surface area contributed by atoms with Crippen LogP contribution in [0.4, 0.5) is 5.69 Å². The summed E-state index contributed by atoms with van der Waals surface area (Å²) >= 11 is 0. The minimum atomic E-state index is -3.66. The predicted octanol–water partition coefficient (Wildman–Crippen LogP) is 4.32. The molecule has 3 aromatic rings. The molecule has 0 saturated carbocycles. The molecule has 0 radical (unpaired) electrons. The number of nitrogens with zero attached hydrogens (tertiary/aromatic N) is 3. The Morgan fingerprint density at radius 2 is 1.38 bits per heavy atom. The molecule has 2 heterocycles. The van der Waals surface area contributed by atoms with Crippen molar-refractivity contribution < 1.29 is 27.4 Å². The van der Waals surface area contributed by atoms with Gasteiger partial charge in [-0.25, -0.2) is 8.42 Å². The van der Waals surface area contributed by atoms with E-state index >= 15 is 0 Å². The zero-order valence-corrected chi connectivity index (χ0v) is 25.3. The zero-order valence-electron chi connectivity index (χ0n) is 24.5. The highest BCUT2D eigenvalue weighted by Gasteiger charge is 2.32. The standard InChI is InChI=1S/C32H39N3O6S/c1-39-28-13-12-26(42(37,38)35-16-14-25(15-17-35)22-24-8-5-4-6-9-24)23-27(28)33-18-20-34(21-19-33)32(36)31-29(40-2)10-7-11-30(31)41-3/h4-13,23,25H,14-22H2,1-3H3. The largest absolute Gasteiger partial charge is 0.496 e. The molecule has 0 atom stereocenters. The van der Waals surface area contributed by atoms with Gasteiger partial charge in [-0.1, -0.05) is 36.4 Å². The lowest BCUT2D eigenvalue weighted by Crippen LogP contribution is -2.49. The molecule has 2 aliphatic rings. The highest BCUT2D eigenvalue weighted by molar-refractivity contribution is 7.89. The van der Waals surface area contributed by atoms with E-state index in [1.807, 2.05) is 18.2 Å². The van der Waals surface area contributed by atoms with Crippen molar-refractivity contribution in [3.63, 3.8) is 0 Å². The first-order valence-electron chi connectivity index (χ1n) is 14.3. The molecule has 3 aromatic carbocycles. The first kappa shape index (κ1) is 29.7. The van der Waals surface area contributed by atoms with Crippen LogP contribution >= 0.6 is 0 Å². The molecule has 2 saturated heterocycles. The number of methoxy groups -OCH3 is 3. The Kier molecular flexibility index (Phi) is 9.23. The molecule has 0 spiro atoms. The molecule has 0 bridgehead atoms. The number of ether oxygens (including phenoxy) is 3. The molecule has 0 N–H and O–H groups in total. The van der Waals surface area contributed by atoms with Crippen LogP contribution in [0, 0.1) is 5.92 Å². The average molecular weight is 594 g/mol. The van der Waals surface area contributed by atoms with Crippen molar-refractivity contribution in [2.45, 2.75) is 24.2 Å². The Morgan fingerprint density at radius 3 is 1.98 bits per heavy atom. The van der Waals surface area contributed by atoms with Gasteiger partial charge in [0.25, 0.3) is 5.91 Å². The summed E-state index contributed by atoms with van der Waals surface area (Å²) < 4.78 is 45.5. The van der Waals surface area contributed by atoms with Crippen molar-refractivity contribution in [1.82, 2.24) is 9.21 Å². The number of carbonyl (C=O) groups excluding carboxylic acids is 1. The molecule has 5 rings (SSSR count). The summed E-state index contributed by atoms with van der Waals surface area (Å²) in [5.41, 5.74) is 2.40. The van der Waals surface area contributed by atoms with Crippen LogP contribution in [0.1, 0.15) is 28.8 Å². The van der Waals surface area contributed by atoms with Crippen LogP contribution in [0.3, 0.4) is 0 Å². The third kappa shape index (κ3) is 6.19. The molecule has 2 fully saturated rings. The van der Waals surface area contributed by atoms with Crippen molar-refractivity contribution >= 4 is 21.6 Å². The number of rotatable bonds is 9. The lowest BCUT2D eigenvalue weighted by atomic mass is 9.91. The number of piperidine rings is 1. The fourth-order valence-corrected chi connectivity index (χ4v) is 7.39. The van der Waals surface area contributed by atoms with Gasteiger partial charge in [-0.3, -0.25) is 4.79 Å². The second-order valence-electron chi connectivity index (χ2n) is 10.7. The highest BCUT2D eigenvalue weighted by atomic mass is 32.2. The number of amides is 1. The van der Waals surface area contributed by atoms with E-state index in [1.54, 1.807) is 52.7 Å². The summed E-state index contributed by atoms with van der Waals surface area (Å²) in [6, 6.07) is 20.7. The molecule has 224 valence electrons. The van der Waals surface area contributed by atoms with E-state index in [9.17, 15) is 13.2 Å². The maximum Gasteiger partial charge on any atom is 0.261 e. The lowest BCUT2D eigenvalue weighted by Gasteiger charge is -2.37. The quantitative estimate of drug-likeness (QED) is 0.365. The third-order valence-electron chi connectivity index (χ3n) is 8.28. The maximum atomic E-state index is 13.7. The average Bonchev–Trinajstić information content (AvgIpc) is 3.04. The van der Waals surface area contributed by atoms with Crippen molar-refractivity contribution in [2.75, 3.05) is 65.5 Å². The van der Waals surface area contributed by atoms with Crippen LogP contribution in [0.15, 0.2) is 71.6 Å². The minimum Gasteiger partial charge on any atom is -0.496 e. The van der Waals surface area contributed by atoms with E-state index in [1.165, 1.54) is 19.8 Å².